The van der Waals surface area contributed by atoms with Crippen molar-refractivity contribution in [3.63, 3.8) is 0 Å². The lowest BCUT2D eigenvalue weighted by Gasteiger charge is -2.18. The van der Waals surface area contributed by atoms with Crippen LogP contribution in [0.25, 0.3) is 10.8 Å². The standard InChI is InChI=1S/C22H22O4/c1-15-16(2)21(25-13-17-9-5-4-6-10-17)19-12-8-7-11-18(19)20(15)22(23)26-14-24-3/h4-12H,13-14H2,1-3H3. The number of fused-ring (bicyclic) bond motifs is 1. The van der Waals surface area contributed by atoms with Crippen LogP contribution < -0.4 is 4.74 Å². The number of esters is 1. The summed E-state index contributed by atoms with van der Waals surface area (Å²) in [5.41, 5.74) is 3.44. The molecule has 3 aromatic carbocycles. The summed E-state index contributed by atoms with van der Waals surface area (Å²) in [6.45, 7) is 4.28. The summed E-state index contributed by atoms with van der Waals surface area (Å²) in [7, 11) is 1.49. The van der Waals surface area contributed by atoms with Gasteiger partial charge in [-0.05, 0) is 30.5 Å². The predicted octanol–water partition coefficient (Wildman–Crippen LogP) is 4.80. The minimum absolute atomic E-state index is 0.0715. The molecule has 0 radical (unpaired) electrons. The van der Waals surface area contributed by atoms with Crippen molar-refractivity contribution in [1.82, 2.24) is 0 Å². The van der Waals surface area contributed by atoms with Gasteiger partial charge in [-0.3, -0.25) is 0 Å². The first kappa shape index (κ1) is 18.0. The number of ether oxygens (including phenoxy) is 3. The monoisotopic (exact) mass is 350 g/mol. The smallest absolute Gasteiger partial charge is 0.341 e. The lowest BCUT2D eigenvalue weighted by molar-refractivity contribution is -0.0123. The summed E-state index contributed by atoms with van der Waals surface area (Å²) >= 11 is 0. The average molecular weight is 350 g/mol. The van der Waals surface area contributed by atoms with Gasteiger partial charge in [-0.15, -0.1) is 0 Å². The third-order valence-corrected chi connectivity index (χ3v) is 4.46. The van der Waals surface area contributed by atoms with E-state index in [2.05, 4.69) is 0 Å². The van der Waals surface area contributed by atoms with E-state index in [-0.39, 0.29) is 6.79 Å². The van der Waals surface area contributed by atoms with Gasteiger partial charge in [-0.25, -0.2) is 4.79 Å². The van der Waals surface area contributed by atoms with Crippen molar-refractivity contribution in [1.29, 1.82) is 0 Å². The second kappa shape index (κ2) is 8.02. The molecule has 0 heterocycles. The van der Waals surface area contributed by atoms with Crippen LogP contribution in [0.5, 0.6) is 5.75 Å². The fourth-order valence-corrected chi connectivity index (χ4v) is 3.02. The topological polar surface area (TPSA) is 44.8 Å². The zero-order valence-corrected chi connectivity index (χ0v) is 15.2. The number of hydrogen-bond acceptors (Lipinski definition) is 4. The third-order valence-electron chi connectivity index (χ3n) is 4.46. The normalized spacial score (nSPS) is 10.7. The highest BCUT2D eigenvalue weighted by Crippen LogP contribution is 2.36. The van der Waals surface area contributed by atoms with Crippen LogP contribution >= 0.6 is 0 Å². The molecular weight excluding hydrogens is 328 g/mol. The first-order valence-corrected chi connectivity index (χ1v) is 8.48. The molecule has 0 atom stereocenters. The zero-order valence-electron chi connectivity index (χ0n) is 15.2. The molecule has 0 aromatic heterocycles. The van der Waals surface area contributed by atoms with Gasteiger partial charge in [-0.1, -0.05) is 54.6 Å². The van der Waals surface area contributed by atoms with Crippen LogP contribution in [0.15, 0.2) is 54.6 Å². The number of carbonyl (C=O) groups excluding carboxylic acids is 1. The molecular formula is C22H22O4. The van der Waals surface area contributed by atoms with E-state index in [1.54, 1.807) is 0 Å². The highest BCUT2D eigenvalue weighted by molar-refractivity contribution is 6.08. The Morgan fingerprint density at radius 2 is 1.54 bits per heavy atom. The molecule has 0 N–H and O–H groups in total. The molecule has 0 aliphatic heterocycles. The van der Waals surface area contributed by atoms with Crippen molar-refractivity contribution in [3.05, 3.63) is 76.9 Å². The first-order valence-electron chi connectivity index (χ1n) is 8.48. The quantitative estimate of drug-likeness (QED) is 0.473. The molecule has 0 spiro atoms. The Hall–Kier alpha value is -2.85. The van der Waals surface area contributed by atoms with Gasteiger partial charge in [0.2, 0.25) is 0 Å². The molecule has 0 aliphatic rings. The van der Waals surface area contributed by atoms with Gasteiger partial charge in [0, 0.05) is 17.9 Å². The summed E-state index contributed by atoms with van der Waals surface area (Å²) in [4.78, 5) is 12.5. The van der Waals surface area contributed by atoms with Crippen molar-refractivity contribution in [2.75, 3.05) is 13.9 Å². The van der Waals surface area contributed by atoms with Crippen molar-refractivity contribution in [2.45, 2.75) is 20.5 Å². The van der Waals surface area contributed by atoms with Crippen molar-refractivity contribution >= 4 is 16.7 Å². The SMILES string of the molecule is COCOC(=O)c1c(C)c(C)c(OCc2ccccc2)c2ccccc12. The molecule has 0 aliphatic carbocycles. The summed E-state index contributed by atoms with van der Waals surface area (Å²) in [5, 5.41) is 1.72. The molecule has 0 bridgehead atoms. The Kier molecular flexibility index (Phi) is 5.54. The van der Waals surface area contributed by atoms with Gasteiger partial charge in [-0.2, -0.15) is 0 Å². The summed E-state index contributed by atoms with van der Waals surface area (Å²) in [6.07, 6.45) is 0. The first-order chi connectivity index (χ1) is 12.6. The number of carbonyl (C=O) groups is 1. The molecule has 4 nitrogen and oxygen atoms in total. The Morgan fingerprint density at radius 3 is 2.23 bits per heavy atom. The lowest BCUT2D eigenvalue weighted by atomic mass is 9.94. The third kappa shape index (κ3) is 3.55. The lowest BCUT2D eigenvalue weighted by Crippen LogP contribution is -2.11. The van der Waals surface area contributed by atoms with E-state index >= 15 is 0 Å². The predicted molar refractivity (Wildman–Crippen MR) is 101 cm³/mol. The van der Waals surface area contributed by atoms with Gasteiger partial charge in [0.25, 0.3) is 0 Å². The van der Waals surface area contributed by atoms with E-state index in [1.165, 1.54) is 7.11 Å². The molecule has 0 fully saturated rings. The fourth-order valence-electron chi connectivity index (χ4n) is 3.02. The van der Waals surface area contributed by atoms with Crippen molar-refractivity contribution < 1.29 is 19.0 Å². The largest absolute Gasteiger partial charge is 0.488 e. The van der Waals surface area contributed by atoms with Crippen LogP contribution in [0.4, 0.5) is 0 Å². The number of methoxy groups -OCH3 is 1. The molecule has 4 heteroatoms. The highest BCUT2D eigenvalue weighted by Gasteiger charge is 2.21. The maximum Gasteiger partial charge on any atom is 0.341 e. The zero-order chi connectivity index (χ0) is 18.5. The summed E-state index contributed by atoms with van der Waals surface area (Å²) in [5.74, 6) is 0.406. The summed E-state index contributed by atoms with van der Waals surface area (Å²) in [6, 6.07) is 17.8. The van der Waals surface area contributed by atoms with Gasteiger partial charge < -0.3 is 14.2 Å². The van der Waals surface area contributed by atoms with Gasteiger partial charge in [0.05, 0.1) is 5.56 Å². The van der Waals surface area contributed by atoms with E-state index in [0.29, 0.717) is 12.2 Å². The number of rotatable bonds is 6. The maximum atomic E-state index is 12.5. The van der Waals surface area contributed by atoms with E-state index in [9.17, 15) is 4.79 Å². The molecule has 0 amide bonds. The van der Waals surface area contributed by atoms with Crippen LogP contribution in [0.2, 0.25) is 0 Å². The molecule has 3 aromatic rings. The molecule has 3 rings (SSSR count). The molecule has 26 heavy (non-hydrogen) atoms. The molecule has 134 valence electrons. The Bertz CT molecular complexity index is 916. The van der Waals surface area contributed by atoms with Crippen molar-refractivity contribution in [3.8, 4) is 5.75 Å². The van der Waals surface area contributed by atoms with E-state index in [0.717, 1.165) is 33.2 Å². The van der Waals surface area contributed by atoms with E-state index in [1.807, 2.05) is 68.4 Å². The maximum absolute atomic E-state index is 12.5. The molecule has 0 saturated carbocycles. The van der Waals surface area contributed by atoms with E-state index < -0.39 is 5.97 Å². The van der Waals surface area contributed by atoms with Crippen LogP contribution in [0.3, 0.4) is 0 Å². The fraction of sp³-hybridized carbons (Fsp3) is 0.227. The van der Waals surface area contributed by atoms with Gasteiger partial charge >= 0.3 is 5.97 Å². The van der Waals surface area contributed by atoms with Crippen LogP contribution in [0.1, 0.15) is 27.0 Å². The number of hydrogen-bond donors (Lipinski definition) is 0. The second-order valence-electron chi connectivity index (χ2n) is 6.11. The Balaban J connectivity index is 2.05. The second-order valence-corrected chi connectivity index (χ2v) is 6.11. The van der Waals surface area contributed by atoms with Crippen LogP contribution in [-0.4, -0.2) is 19.9 Å². The Morgan fingerprint density at radius 1 is 0.885 bits per heavy atom. The van der Waals surface area contributed by atoms with E-state index in [4.69, 9.17) is 14.2 Å². The van der Waals surface area contributed by atoms with Crippen LogP contribution in [0, 0.1) is 13.8 Å². The molecule has 0 unspecified atom stereocenters. The number of benzene rings is 3. The Labute approximate surface area is 153 Å². The summed E-state index contributed by atoms with van der Waals surface area (Å²) < 4.78 is 16.2. The minimum atomic E-state index is -0.391. The van der Waals surface area contributed by atoms with Gasteiger partial charge in [0.15, 0.2) is 6.79 Å². The van der Waals surface area contributed by atoms with Gasteiger partial charge in [0.1, 0.15) is 12.4 Å². The molecule has 0 saturated heterocycles. The average Bonchev–Trinajstić information content (AvgIpc) is 2.67. The van der Waals surface area contributed by atoms with Crippen LogP contribution in [-0.2, 0) is 16.1 Å². The van der Waals surface area contributed by atoms with Crippen molar-refractivity contribution in [2.24, 2.45) is 0 Å². The highest BCUT2D eigenvalue weighted by atomic mass is 16.7. The minimum Gasteiger partial charge on any atom is -0.488 e.